The maximum atomic E-state index is 12.0. The van der Waals surface area contributed by atoms with Crippen LogP contribution in [0.3, 0.4) is 0 Å². The molecular formula is C12H20N2O6. The number of esters is 1. The van der Waals surface area contributed by atoms with Gasteiger partial charge in [0.2, 0.25) is 0 Å². The van der Waals surface area contributed by atoms with Crippen LogP contribution in [0, 0.1) is 5.92 Å². The molecule has 0 spiro atoms. The zero-order valence-electron chi connectivity index (χ0n) is 11.5. The second kappa shape index (κ2) is 7.09. The van der Waals surface area contributed by atoms with Crippen molar-refractivity contribution in [2.75, 3.05) is 20.2 Å². The second-order valence-corrected chi connectivity index (χ2v) is 4.90. The van der Waals surface area contributed by atoms with Crippen molar-refractivity contribution in [2.45, 2.75) is 31.9 Å². The molecule has 1 fully saturated rings. The SMILES string of the molecule is COC(=O)C[C@H](NC(=O)N1CCC(O)C(C)C1)C(=O)O. The summed E-state index contributed by atoms with van der Waals surface area (Å²) in [5.74, 6) is -2.08. The van der Waals surface area contributed by atoms with Gasteiger partial charge in [-0.05, 0) is 12.3 Å². The third-order valence-corrected chi connectivity index (χ3v) is 3.34. The number of rotatable bonds is 4. The first kappa shape index (κ1) is 16.2. The maximum Gasteiger partial charge on any atom is 0.326 e. The Hall–Kier alpha value is -1.83. The minimum Gasteiger partial charge on any atom is -0.480 e. The van der Waals surface area contributed by atoms with Gasteiger partial charge < -0.3 is 25.2 Å². The molecule has 20 heavy (non-hydrogen) atoms. The molecule has 2 amide bonds. The minimum absolute atomic E-state index is 0.0709. The first-order valence-electron chi connectivity index (χ1n) is 6.38. The number of aliphatic hydroxyl groups is 1. The lowest BCUT2D eigenvalue weighted by molar-refractivity contribution is -0.147. The number of carboxylic acids is 1. The number of ether oxygens (including phenoxy) is 1. The van der Waals surface area contributed by atoms with E-state index in [-0.39, 0.29) is 5.92 Å². The zero-order chi connectivity index (χ0) is 15.3. The average molecular weight is 288 g/mol. The first-order chi connectivity index (χ1) is 9.35. The third-order valence-electron chi connectivity index (χ3n) is 3.34. The summed E-state index contributed by atoms with van der Waals surface area (Å²) in [6.45, 7) is 2.51. The monoisotopic (exact) mass is 288 g/mol. The predicted molar refractivity (Wildman–Crippen MR) is 67.9 cm³/mol. The van der Waals surface area contributed by atoms with Crippen LogP contribution in [0.2, 0.25) is 0 Å². The second-order valence-electron chi connectivity index (χ2n) is 4.90. The van der Waals surface area contributed by atoms with Crippen LogP contribution in [0.4, 0.5) is 4.79 Å². The summed E-state index contributed by atoms with van der Waals surface area (Å²) in [5, 5.41) is 20.9. The highest BCUT2D eigenvalue weighted by atomic mass is 16.5. The molecule has 1 aliphatic heterocycles. The molecule has 1 heterocycles. The van der Waals surface area contributed by atoms with Crippen molar-refractivity contribution < 1.29 is 29.3 Å². The molecule has 0 bridgehead atoms. The van der Waals surface area contributed by atoms with Crippen LogP contribution in [0.15, 0.2) is 0 Å². The summed E-state index contributed by atoms with van der Waals surface area (Å²) in [6, 6.07) is -1.88. The van der Waals surface area contributed by atoms with Crippen molar-refractivity contribution >= 4 is 18.0 Å². The largest absolute Gasteiger partial charge is 0.480 e. The third kappa shape index (κ3) is 4.37. The number of nitrogens with zero attached hydrogens (tertiary/aromatic N) is 1. The average Bonchev–Trinajstić information content (AvgIpc) is 2.40. The van der Waals surface area contributed by atoms with Crippen LogP contribution in [-0.2, 0) is 14.3 Å². The number of methoxy groups -OCH3 is 1. The topological polar surface area (TPSA) is 116 Å². The number of hydrogen-bond acceptors (Lipinski definition) is 5. The molecule has 3 N–H and O–H groups in total. The van der Waals surface area contributed by atoms with Crippen molar-refractivity contribution in [3.8, 4) is 0 Å². The lowest BCUT2D eigenvalue weighted by Crippen LogP contribution is -2.53. The molecule has 8 heteroatoms. The number of piperidine rings is 1. The molecule has 3 atom stereocenters. The lowest BCUT2D eigenvalue weighted by atomic mass is 9.97. The number of carbonyl (C=O) groups is 3. The Morgan fingerprint density at radius 1 is 1.45 bits per heavy atom. The van der Waals surface area contributed by atoms with Gasteiger partial charge in [-0.3, -0.25) is 4.79 Å². The predicted octanol–water partition coefficient (Wildman–Crippen LogP) is -0.585. The van der Waals surface area contributed by atoms with Gasteiger partial charge in [0.05, 0.1) is 19.6 Å². The Labute approximate surface area is 116 Å². The molecule has 0 aromatic rings. The lowest BCUT2D eigenvalue weighted by Gasteiger charge is -2.34. The van der Waals surface area contributed by atoms with Gasteiger partial charge in [0, 0.05) is 13.1 Å². The number of amides is 2. The van der Waals surface area contributed by atoms with Gasteiger partial charge in [0.15, 0.2) is 0 Å². The van der Waals surface area contributed by atoms with Crippen molar-refractivity contribution in [1.82, 2.24) is 10.2 Å². The molecule has 0 aliphatic carbocycles. The summed E-state index contributed by atoms with van der Waals surface area (Å²) in [7, 11) is 1.15. The smallest absolute Gasteiger partial charge is 0.326 e. The fourth-order valence-corrected chi connectivity index (χ4v) is 2.01. The normalized spacial score (nSPS) is 23.9. The number of hydrogen-bond donors (Lipinski definition) is 3. The van der Waals surface area contributed by atoms with Crippen molar-refractivity contribution in [3.63, 3.8) is 0 Å². The van der Waals surface area contributed by atoms with Crippen LogP contribution in [-0.4, -0.2) is 65.4 Å². The highest BCUT2D eigenvalue weighted by molar-refractivity contribution is 5.86. The molecule has 114 valence electrons. The number of carboxylic acid groups (broad SMARTS) is 1. The van der Waals surface area contributed by atoms with Crippen molar-refractivity contribution in [1.29, 1.82) is 0 Å². The van der Waals surface area contributed by atoms with Crippen LogP contribution >= 0.6 is 0 Å². The fraction of sp³-hybridized carbons (Fsp3) is 0.750. The first-order valence-corrected chi connectivity index (χ1v) is 6.38. The van der Waals surface area contributed by atoms with E-state index in [1.165, 1.54) is 4.90 Å². The van der Waals surface area contributed by atoms with E-state index in [2.05, 4.69) is 10.1 Å². The van der Waals surface area contributed by atoms with Gasteiger partial charge in [0.25, 0.3) is 0 Å². The molecule has 1 aliphatic rings. The van der Waals surface area contributed by atoms with E-state index in [1.54, 1.807) is 0 Å². The molecule has 1 rings (SSSR count). The van der Waals surface area contributed by atoms with E-state index in [0.29, 0.717) is 19.5 Å². The quantitative estimate of drug-likeness (QED) is 0.596. The van der Waals surface area contributed by atoms with E-state index in [4.69, 9.17) is 5.11 Å². The number of aliphatic hydroxyl groups excluding tert-OH is 1. The van der Waals surface area contributed by atoms with Gasteiger partial charge in [-0.25, -0.2) is 9.59 Å². The van der Waals surface area contributed by atoms with Crippen LogP contribution in [0.1, 0.15) is 19.8 Å². The van der Waals surface area contributed by atoms with Crippen molar-refractivity contribution in [2.24, 2.45) is 5.92 Å². The number of likely N-dealkylation sites (tertiary alicyclic amines) is 1. The molecule has 1 saturated heterocycles. The zero-order valence-corrected chi connectivity index (χ0v) is 11.5. The number of urea groups is 1. The Morgan fingerprint density at radius 3 is 2.60 bits per heavy atom. The summed E-state index contributed by atoms with van der Waals surface area (Å²) in [4.78, 5) is 35.5. The molecule has 0 radical (unpaired) electrons. The summed E-state index contributed by atoms with van der Waals surface area (Å²) < 4.78 is 4.39. The fourth-order valence-electron chi connectivity index (χ4n) is 2.01. The number of carbonyl (C=O) groups excluding carboxylic acids is 2. The van der Waals surface area contributed by atoms with Crippen molar-refractivity contribution in [3.05, 3.63) is 0 Å². The van der Waals surface area contributed by atoms with E-state index >= 15 is 0 Å². The summed E-state index contributed by atoms with van der Waals surface area (Å²) in [6.07, 6.45) is -0.434. The molecule has 8 nitrogen and oxygen atoms in total. The number of aliphatic carboxylic acids is 1. The highest BCUT2D eigenvalue weighted by Crippen LogP contribution is 2.16. The molecule has 0 aromatic heterocycles. The van der Waals surface area contributed by atoms with E-state index in [9.17, 15) is 19.5 Å². The Morgan fingerprint density at radius 2 is 2.10 bits per heavy atom. The Bertz CT molecular complexity index is 386. The molecular weight excluding hydrogens is 268 g/mol. The maximum absolute atomic E-state index is 12.0. The minimum atomic E-state index is -1.32. The Kier molecular flexibility index (Phi) is 5.75. The standard InChI is InChI=1S/C12H20N2O6/c1-7-6-14(4-3-9(7)15)12(19)13-8(11(17)18)5-10(16)20-2/h7-9,15H,3-6H2,1-2H3,(H,13,19)(H,17,18)/t7?,8-,9?/m0/s1. The molecule has 0 aromatic carbocycles. The van der Waals surface area contributed by atoms with Gasteiger partial charge >= 0.3 is 18.0 Å². The van der Waals surface area contributed by atoms with Gasteiger partial charge in [-0.15, -0.1) is 0 Å². The van der Waals surface area contributed by atoms with Crippen LogP contribution < -0.4 is 5.32 Å². The van der Waals surface area contributed by atoms with Crippen LogP contribution in [0.25, 0.3) is 0 Å². The summed E-state index contributed by atoms with van der Waals surface area (Å²) in [5.41, 5.74) is 0. The van der Waals surface area contributed by atoms with Gasteiger partial charge in [-0.2, -0.15) is 0 Å². The Balaban J connectivity index is 2.58. The van der Waals surface area contributed by atoms with Gasteiger partial charge in [-0.1, -0.05) is 6.92 Å². The summed E-state index contributed by atoms with van der Waals surface area (Å²) >= 11 is 0. The van der Waals surface area contributed by atoms with E-state index in [0.717, 1.165) is 7.11 Å². The number of nitrogens with one attached hydrogen (secondary N) is 1. The molecule has 2 unspecified atom stereocenters. The van der Waals surface area contributed by atoms with Crippen LogP contribution in [0.5, 0.6) is 0 Å². The van der Waals surface area contributed by atoms with Gasteiger partial charge in [0.1, 0.15) is 6.04 Å². The highest BCUT2D eigenvalue weighted by Gasteiger charge is 2.30. The van der Waals surface area contributed by atoms with E-state index < -0.39 is 36.5 Å². The van der Waals surface area contributed by atoms with E-state index in [1.807, 2.05) is 6.92 Å². The molecule has 0 saturated carbocycles.